The van der Waals surface area contributed by atoms with Crippen molar-refractivity contribution in [1.29, 1.82) is 0 Å². The number of aromatic nitrogens is 3. The van der Waals surface area contributed by atoms with Crippen LogP contribution < -0.4 is 10.6 Å². The first-order valence-electron chi connectivity index (χ1n) is 11.9. The number of alkyl halides is 3. The number of amides is 2. The third kappa shape index (κ3) is 4.86. The minimum Gasteiger partial charge on any atom is -0.341 e. The van der Waals surface area contributed by atoms with Crippen LogP contribution in [0, 0.1) is 11.6 Å². The number of carbonyl (C=O) groups is 2. The molecule has 1 atom stereocenters. The second kappa shape index (κ2) is 9.66. The fourth-order valence-corrected chi connectivity index (χ4v) is 4.93. The number of nitrogens with zero attached hydrogens (tertiary/aromatic N) is 3. The fraction of sp³-hybridized carbons (Fsp3) is 0.0714. The normalized spacial score (nSPS) is 14.7. The van der Waals surface area contributed by atoms with Gasteiger partial charge in [-0.25, -0.2) is 18.7 Å². The first kappa shape index (κ1) is 26.4. The predicted molar refractivity (Wildman–Crippen MR) is 138 cm³/mol. The highest BCUT2D eigenvalue weighted by atomic mass is 35.5. The molecule has 5 aromatic rings. The Balaban J connectivity index is 1.51. The van der Waals surface area contributed by atoms with Gasteiger partial charge in [-0.15, -0.1) is 0 Å². The average Bonchev–Trinajstić information content (AvgIpc) is 3.50. The van der Waals surface area contributed by atoms with Crippen LogP contribution in [0.5, 0.6) is 0 Å². The molecule has 0 fully saturated rings. The van der Waals surface area contributed by atoms with E-state index in [0.29, 0.717) is 29.2 Å². The first-order chi connectivity index (χ1) is 19.5. The van der Waals surface area contributed by atoms with Crippen LogP contribution in [0.15, 0.2) is 73.2 Å². The van der Waals surface area contributed by atoms with Crippen molar-refractivity contribution >= 4 is 34.9 Å². The lowest BCUT2D eigenvalue weighted by Crippen LogP contribution is -2.21. The molecule has 206 valence electrons. The lowest BCUT2D eigenvalue weighted by Gasteiger charge is -2.19. The molecule has 0 radical (unpaired) electrons. The lowest BCUT2D eigenvalue weighted by atomic mass is 9.93. The molecule has 13 heteroatoms. The molecule has 1 aliphatic rings. The van der Waals surface area contributed by atoms with Crippen molar-refractivity contribution in [2.24, 2.45) is 0 Å². The quantitative estimate of drug-likeness (QED) is 0.239. The van der Waals surface area contributed by atoms with Gasteiger partial charge in [0.25, 0.3) is 11.8 Å². The van der Waals surface area contributed by atoms with E-state index < -0.39 is 46.8 Å². The summed E-state index contributed by atoms with van der Waals surface area (Å²) in [5.74, 6) is -3.20. The molecule has 2 amide bonds. The summed E-state index contributed by atoms with van der Waals surface area (Å²) in [5.41, 5.74) is -0.769. The molecule has 0 aliphatic carbocycles. The SMILES string of the molecule is O=C(Nc1cc(-c2cn3cccnc3n2)cc2c1C(c1cc(F)ccc1Cl)NC2=O)c1cc(F)cc(C(F)(F)F)c1. The summed E-state index contributed by atoms with van der Waals surface area (Å²) in [6.07, 6.45) is -0.0299. The van der Waals surface area contributed by atoms with Gasteiger partial charge in [0.05, 0.1) is 17.3 Å². The molecule has 6 rings (SSSR count). The monoisotopic (exact) mass is 583 g/mol. The Hall–Kier alpha value is -4.84. The predicted octanol–water partition coefficient (Wildman–Crippen LogP) is 6.43. The van der Waals surface area contributed by atoms with Crippen molar-refractivity contribution in [3.63, 3.8) is 0 Å². The van der Waals surface area contributed by atoms with Gasteiger partial charge < -0.3 is 10.6 Å². The highest BCUT2D eigenvalue weighted by Gasteiger charge is 2.36. The molecule has 0 saturated heterocycles. The maximum absolute atomic E-state index is 14.2. The summed E-state index contributed by atoms with van der Waals surface area (Å²) in [5, 5.41) is 5.35. The highest BCUT2D eigenvalue weighted by Crippen LogP contribution is 2.42. The van der Waals surface area contributed by atoms with Gasteiger partial charge in [-0.2, -0.15) is 13.2 Å². The minimum absolute atomic E-state index is 0.00554. The molecular formula is C28H15ClF5N5O2. The topological polar surface area (TPSA) is 88.4 Å². The van der Waals surface area contributed by atoms with Crippen LogP contribution in [-0.2, 0) is 6.18 Å². The van der Waals surface area contributed by atoms with Crippen molar-refractivity contribution in [3.05, 3.63) is 118 Å². The van der Waals surface area contributed by atoms with E-state index in [9.17, 15) is 31.5 Å². The number of rotatable bonds is 4. The zero-order valence-corrected chi connectivity index (χ0v) is 21.2. The number of fused-ring (bicyclic) bond motifs is 2. The standard InChI is InChI=1S/C28H15ClF5N5O2/c29-20-3-2-16(30)11-18(20)24-23-19(26(41)38-24)8-13(22-12-39-5-1-4-35-27(39)37-22)9-21(23)36-25(40)14-6-15(28(32,33)34)10-17(31)7-14/h1-12,24H,(H,36,40)(H,38,41). The van der Waals surface area contributed by atoms with E-state index >= 15 is 0 Å². The number of hydrogen-bond acceptors (Lipinski definition) is 4. The Morgan fingerprint density at radius 1 is 1.05 bits per heavy atom. The highest BCUT2D eigenvalue weighted by molar-refractivity contribution is 6.31. The van der Waals surface area contributed by atoms with Crippen LogP contribution in [0.2, 0.25) is 5.02 Å². The summed E-state index contributed by atoms with van der Waals surface area (Å²) in [7, 11) is 0. The van der Waals surface area contributed by atoms with Crippen LogP contribution in [0.25, 0.3) is 17.0 Å². The molecular weight excluding hydrogens is 569 g/mol. The minimum atomic E-state index is -4.90. The van der Waals surface area contributed by atoms with Gasteiger partial charge in [0.2, 0.25) is 5.78 Å². The first-order valence-corrected chi connectivity index (χ1v) is 12.3. The smallest absolute Gasteiger partial charge is 0.341 e. The molecule has 0 bridgehead atoms. The van der Waals surface area contributed by atoms with E-state index in [1.807, 2.05) is 0 Å². The zero-order valence-electron chi connectivity index (χ0n) is 20.4. The van der Waals surface area contributed by atoms with Crippen molar-refractivity contribution in [1.82, 2.24) is 19.7 Å². The van der Waals surface area contributed by atoms with Gasteiger partial charge in [-0.1, -0.05) is 11.6 Å². The van der Waals surface area contributed by atoms with E-state index in [-0.39, 0.29) is 33.5 Å². The van der Waals surface area contributed by atoms with Crippen molar-refractivity contribution in [2.75, 3.05) is 5.32 Å². The second-order valence-electron chi connectivity index (χ2n) is 9.19. The number of hydrogen-bond donors (Lipinski definition) is 2. The molecule has 3 aromatic carbocycles. The Morgan fingerprint density at radius 3 is 2.61 bits per heavy atom. The van der Waals surface area contributed by atoms with Crippen LogP contribution in [-0.4, -0.2) is 26.2 Å². The third-order valence-corrected chi connectivity index (χ3v) is 6.87. The van der Waals surface area contributed by atoms with Gasteiger partial charge in [0.15, 0.2) is 0 Å². The number of benzene rings is 3. The molecule has 3 heterocycles. The van der Waals surface area contributed by atoms with Crippen LogP contribution >= 0.6 is 11.6 Å². The Bertz CT molecular complexity index is 1860. The van der Waals surface area contributed by atoms with Gasteiger partial charge >= 0.3 is 6.18 Å². The summed E-state index contributed by atoms with van der Waals surface area (Å²) < 4.78 is 69.8. The number of anilines is 1. The second-order valence-corrected chi connectivity index (χ2v) is 9.60. The maximum atomic E-state index is 14.2. The van der Waals surface area contributed by atoms with E-state index in [0.717, 1.165) is 12.1 Å². The van der Waals surface area contributed by atoms with Gasteiger partial charge in [-0.05, 0) is 54.6 Å². The zero-order chi connectivity index (χ0) is 29.1. The Labute approximate surface area is 232 Å². The average molecular weight is 584 g/mol. The fourth-order valence-electron chi connectivity index (χ4n) is 4.70. The summed E-state index contributed by atoms with van der Waals surface area (Å²) in [6.45, 7) is 0. The molecule has 41 heavy (non-hydrogen) atoms. The largest absolute Gasteiger partial charge is 0.416 e. The Kier molecular flexibility index (Phi) is 6.22. The summed E-state index contributed by atoms with van der Waals surface area (Å²) >= 11 is 6.32. The Morgan fingerprint density at radius 2 is 1.85 bits per heavy atom. The number of nitrogens with one attached hydrogen (secondary N) is 2. The van der Waals surface area contributed by atoms with Gasteiger partial charge in [0.1, 0.15) is 11.6 Å². The van der Waals surface area contributed by atoms with Gasteiger partial charge in [-0.3, -0.25) is 14.0 Å². The summed E-state index contributed by atoms with van der Waals surface area (Å²) in [6, 6.07) is 8.64. The van der Waals surface area contributed by atoms with E-state index in [1.54, 1.807) is 22.9 Å². The van der Waals surface area contributed by atoms with Crippen molar-refractivity contribution < 1.29 is 31.5 Å². The van der Waals surface area contributed by atoms with Gasteiger partial charge in [0, 0.05) is 57.1 Å². The third-order valence-electron chi connectivity index (χ3n) is 6.52. The van der Waals surface area contributed by atoms with Crippen LogP contribution in [0.3, 0.4) is 0 Å². The lowest BCUT2D eigenvalue weighted by molar-refractivity contribution is -0.137. The van der Waals surface area contributed by atoms with E-state index in [4.69, 9.17) is 11.6 Å². The number of imidazole rings is 1. The molecule has 0 spiro atoms. The molecule has 2 N–H and O–H groups in total. The molecule has 7 nitrogen and oxygen atoms in total. The van der Waals surface area contributed by atoms with Crippen molar-refractivity contribution in [3.8, 4) is 11.3 Å². The van der Waals surface area contributed by atoms with E-state index in [1.165, 1.54) is 24.4 Å². The number of halogens is 6. The molecule has 0 saturated carbocycles. The maximum Gasteiger partial charge on any atom is 0.416 e. The molecule has 1 aliphatic heterocycles. The van der Waals surface area contributed by atoms with Crippen LogP contribution in [0.1, 0.15) is 43.4 Å². The molecule has 1 unspecified atom stereocenters. The van der Waals surface area contributed by atoms with Crippen LogP contribution in [0.4, 0.5) is 27.6 Å². The number of carbonyl (C=O) groups excluding carboxylic acids is 2. The summed E-state index contributed by atoms with van der Waals surface area (Å²) in [4.78, 5) is 34.9. The van der Waals surface area contributed by atoms with Crippen molar-refractivity contribution in [2.45, 2.75) is 12.2 Å². The van der Waals surface area contributed by atoms with E-state index in [2.05, 4.69) is 20.6 Å². The molecule has 2 aromatic heterocycles.